The molecule has 8 heteroatoms. The second-order valence-electron chi connectivity index (χ2n) is 7.33. The highest BCUT2D eigenvalue weighted by molar-refractivity contribution is 9.10. The van der Waals surface area contributed by atoms with E-state index in [9.17, 15) is 8.42 Å². The van der Waals surface area contributed by atoms with Gasteiger partial charge in [0.15, 0.2) is 5.96 Å². The number of guanidine groups is 1. The van der Waals surface area contributed by atoms with Gasteiger partial charge in [0.05, 0.1) is 12.3 Å². The van der Waals surface area contributed by atoms with E-state index in [2.05, 4.69) is 50.6 Å². The molecule has 0 aromatic carbocycles. The molecule has 0 aliphatic rings. The first kappa shape index (κ1) is 22.0. The molecule has 0 bridgehead atoms. The second kappa shape index (κ2) is 9.07. The first-order valence-electron chi connectivity index (χ1n) is 8.41. The zero-order chi connectivity index (χ0) is 19.3. The monoisotopic (exact) mass is 434 g/mol. The van der Waals surface area contributed by atoms with Gasteiger partial charge in [0.2, 0.25) is 0 Å². The van der Waals surface area contributed by atoms with Gasteiger partial charge in [0, 0.05) is 49.8 Å². The maximum Gasteiger partial charge on any atom is 0.194 e. The third-order valence-corrected chi connectivity index (χ3v) is 5.36. The minimum absolute atomic E-state index is 0.168. The van der Waals surface area contributed by atoms with Crippen molar-refractivity contribution in [1.29, 1.82) is 0 Å². The molecule has 1 heterocycles. The summed E-state index contributed by atoms with van der Waals surface area (Å²) in [6.07, 6.45) is 3.91. The predicted octanol–water partition coefficient (Wildman–Crippen LogP) is 2.65. The Morgan fingerprint density at radius 3 is 2.56 bits per heavy atom. The topological polar surface area (TPSA) is 66.7 Å². The van der Waals surface area contributed by atoms with Crippen LogP contribution in [0.2, 0.25) is 0 Å². The van der Waals surface area contributed by atoms with Gasteiger partial charge in [-0.1, -0.05) is 13.8 Å². The number of rotatable bonds is 8. The van der Waals surface area contributed by atoms with Crippen molar-refractivity contribution in [2.24, 2.45) is 17.5 Å². The van der Waals surface area contributed by atoms with E-state index < -0.39 is 9.84 Å². The van der Waals surface area contributed by atoms with Crippen molar-refractivity contribution in [1.82, 2.24) is 14.8 Å². The van der Waals surface area contributed by atoms with E-state index in [4.69, 9.17) is 4.99 Å². The highest BCUT2D eigenvalue weighted by Crippen LogP contribution is 2.22. The summed E-state index contributed by atoms with van der Waals surface area (Å²) in [5.41, 5.74) is 1.01. The number of halogens is 1. The van der Waals surface area contributed by atoms with Crippen LogP contribution in [0.4, 0.5) is 0 Å². The maximum absolute atomic E-state index is 11.4. The molecule has 0 amide bonds. The number of hydrogen-bond acceptors (Lipinski definition) is 3. The molecule has 6 nitrogen and oxygen atoms in total. The van der Waals surface area contributed by atoms with Crippen LogP contribution >= 0.6 is 15.9 Å². The van der Waals surface area contributed by atoms with Gasteiger partial charge in [-0.25, -0.2) is 8.42 Å². The average molecular weight is 435 g/mol. The Morgan fingerprint density at radius 1 is 1.44 bits per heavy atom. The molecule has 0 unspecified atom stereocenters. The molecule has 0 fully saturated rings. The van der Waals surface area contributed by atoms with Crippen molar-refractivity contribution in [2.45, 2.75) is 33.7 Å². The Kier molecular flexibility index (Phi) is 7.99. The largest absolute Gasteiger partial charge is 0.357 e. The molecule has 0 radical (unpaired) electrons. The fourth-order valence-electron chi connectivity index (χ4n) is 2.34. The van der Waals surface area contributed by atoms with Gasteiger partial charge < -0.3 is 14.8 Å². The van der Waals surface area contributed by atoms with E-state index in [1.807, 2.05) is 27.2 Å². The van der Waals surface area contributed by atoms with Crippen LogP contribution in [0.3, 0.4) is 0 Å². The lowest BCUT2D eigenvalue weighted by molar-refractivity contribution is 0.361. The lowest BCUT2D eigenvalue weighted by atomic mass is 9.90. The summed E-state index contributed by atoms with van der Waals surface area (Å²) in [6, 6.07) is 2.09. The summed E-state index contributed by atoms with van der Waals surface area (Å²) >= 11 is 3.50. The molecule has 0 saturated carbocycles. The van der Waals surface area contributed by atoms with Crippen molar-refractivity contribution in [3.63, 3.8) is 0 Å². The van der Waals surface area contributed by atoms with Crippen molar-refractivity contribution in [3.05, 3.63) is 22.4 Å². The zero-order valence-corrected chi connectivity index (χ0v) is 18.5. The van der Waals surface area contributed by atoms with E-state index in [0.717, 1.165) is 23.5 Å². The van der Waals surface area contributed by atoms with Crippen LogP contribution < -0.4 is 5.32 Å². The number of sulfone groups is 1. The van der Waals surface area contributed by atoms with Crippen LogP contribution in [-0.2, 0) is 23.4 Å². The molecular weight excluding hydrogens is 404 g/mol. The van der Waals surface area contributed by atoms with Gasteiger partial charge in [0.25, 0.3) is 0 Å². The van der Waals surface area contributed by atoms with Crippen molar-refractivity contribution in [3.8, 4) is 0 Å². The van der Waals surface area contributed by atoms with Gasteiger partial charge in [-0.05, 0) is 40.8 Å². The summed E-state index contributed by atoms with van der Waals surface area (Å²) in [5, 5.41) is 3.31. The van der Waals surface area contributed by atoms with Crippen LogP contribution in [0.1, 0.15) is 32.9 Å². The van der Waals surface area contributed by atoms with E-state index in [1.165, 1.54) is 11.9 Å². The molecule has 0 aliphatic heterocycles. The Morgan fingerprint density at radius 2 is 2.08 bits per heavy atom. The molecule has 1 aromatic rings. The van der Waals surface area contributed by atoms with Crippen LogP contribution in [0.25, 0.3) is 0 Å². The van der Waals surface area contributed by atoms with E-state index >= 15 is 0 Å². The summed E-state index contributed by atoms with van der Waals surface area (Å²) in [5.74, 6) is 1.02. The Hall–Kier alpha value is -1.02. The van der Waals surface area contributed by atoms with Crippen LogP contribution in [0.15, 0.2) is 21.7 Å². The Labute approximate surface area is 160 Å². The first-order chi connectivity index (χ1) is 11.4. The molecule has 0 saturated heterocycles. The maximum atomic E-state index is 11.4. The fraction of sp³-hybridized carbons (Fsp3) is 0.706. The molecule has 25 heavy (non-hydrogen) atoms. The smallest absolute Gasteiger partial charge is 0.194 e. The normalized spacial score (nSPS) is 13.2. The third-order valence-electron chi connectivity index (χ3n) is 3.98. The number of hydrogen-bond donors (Lipinski definition) is 1. The number of nitrogens with zero attached hydrogens (tertiary/aromatic N) is 3. The van der Waals surface area contributed by atoms with Crippen LogP contribution in [0.5, 0.6) is 0 Å². The highest BCUT2D eigenvalue weighted by Gasteiger charge is 2.21. The molecule has 1 rings (SSSR count). The Bertz CT molecular complexity index is 696. The van der Waals surface area contributed by atoms with Gasteiger partial charge in [-0.2, -0.15) is 0 Å². The highest BCUT2D eigenvalue weighted by atomic mass is 79.9. The number of aromatic nitrogens is 1. The summed E-state index contributed by atoms with van der Waals surface area (Å²) < 4.78 is 25.9. The van der Waals surface area contributed by atoms with Gasteiger partial charge in [0.1, 0.15) is 9.84 Å². The lowest BCUT2D eigenvalue weighted by Gasteiger charge is -2.26. The summed E-state index contributed by atoms with van der Waals surface area (Å²) in [6.45, 7) is 8.24. The zero-order valence-electron chi connectivity index (χ0n) is 16.1. The fourth-order valence-corrected chi connectivity index (χ4v) is 3.84. The molecule has 0 aliphatic carbocycles. The standard InChI is InChI=1S/C17H31BrN4O2S/c1-7-19-16(20-13-17(2,3)8-9-25(6,23)24)22(5)12-15-10-14(18)11-21(15)4/h10-11H,7-9,12-13H2,1-6H3,(H,19,20). The SMILES string of the molecule is CCNC(=NCC(C)(C)CCS(C)(=O)=O)N(C)Cc1cc(Br)cn1C. The number of aryl methyl sites for hydroxylation is 1. The Balaban J connectivity index is 2.79. The van der Waals surface area contributed by atoms with Gasteiger partial charge >= 0.3 is 0 Å². The summed E-state index contributed by atoms with van der Waals surface area (Å²) in [7, 11) is 1.08. The molecule has 144 valence electrons. The summed E-state index contributed by atoms with van der Waals surface area (Å²) in [4.78, 5) is 6.82. The minimum Gasteiger partial charge on any atom is -0.357 e. The average Bonchev–Trinajstić information content (AvgIpc) is 2.78. The lowest BCUT2D eigenvalue weighted by Crippen LogP contribution is -2.39. The van der Waals surface area contributed by atoms with Gasteiger partial charge in [-0.3, -0.25) is 4.99 Å². The predicted molar refractivity (Wildman–Crippen MR) is 109 cm³/mol. The number of aliphatic imine (C=N–C) groups is 1. The van der Waals surface area contributed by atoms with Crippen molar-refractivity contribution in [2.75, 3.05) is 32.1 Å². The van der Waals surface area contributed by atoms with Crippen molar-refractivity contribution >= 4 is 31.7 Å². The molecule has 0 atom stereocenters. The molecule has 1 aromatic heterocycles. The van der Waals surface area contributed by atoms with E-state index in [-0.39, 0.29) is 11.2 Å². The van der Waals surface area contributed by atoms with Crippen LogP contribution in [-0.4, -0.2) is 56.0 Å². The minimum atomic E-state index is -2.95. The van der Waals surface area contributed by atoms with Crippen molar-refractivity contribution < 1.29 is 8.42 Å². The van der Waals surface area contributed by atoms with E-state index in [1.54, 1.807) is 0 Å². The molecule has 0 spiro atoms. The first-order valence-corrected chi connectivity index (χ1v) is 11.3. The third kappa shape index (κ3) is 8.27. The van der Waals surface area contributed by atoms with Gasteiger partial charge in [-0.15, -0.1) is 0 Å². The second-order valence-corrected chi connectivity index (χ2v) is 10.5. The van der Waals surface area contributed by atoms with E-state index in [0.29, 0.717) is 13.0 Å². The quantitative estimate of drug-likeness (QED) is 0.504. The molecule has 1 N–H and O–H groups in total. The molecular formula is C17H31BrN4O2S. The van der Waals surface area contributed by atoms with Crippen LogP contribution in [0, 0.1) is 5.41 Å². The number of nitrogens with one attached hydrogen (secondary N) is 1.